The highest BCUT2D eigenvalue weighted by molar-refractivity contribution is 5.93. The Balaban J connectivity index is 1.85. The maximum absolute atomic E-state index is 8.60. The standard InChI is InChI=1S/C19H26O6/c1-21-10-14-24-18-6-2-5-17-16(18)4-3-7-19(17)25-15-13-23-12-11-22-9-8-20/h2-7,20H,8-15H2,1H3. The smallest absolute Gasteiger partial charge is 0.127 e. The molecule has 6 nitrogen and oxygen atoms in total. The van der Waals surface area contributed by atoms with E-state index in [9.17, 15) is 0 Å². The van der Waals surface area contributed by atoms with Crippen LogP contribution in [-0.2, 0) is 14.2 Å². The number of aliphatic hydroxyl groups is 1. The van der Waals surface area contributed by atoms with Crippen molar-refractivity contribution >= 4 is 10.8 Å². The van der Waals surface area contributed by atoms with Crippen LogP contribution in [0.25, 0.3) is 10.8 Å². The van der Waals surface area contributed by atoms with Crippen LogP contribution in [0.15, 0.2) is 36.4 Å². The number of methoxy groups -OCH3 is 1. The molecular formula is C19H26O6. The number of fused-ring (bicyclic) bond motifs is 1. The van der Waals surface area contributed by atoms with Gasteiger partial charge in [-0.15, -0.1) is 0 Å². The topological polar surface area (TPSA) is 66.4 Å². The summed E-state index contributed by atoms with van der Waals surface area (Å²) in [5.74, 6) is 1.62. The predicted octanol–water partition coefficient (Wildman–Crippen LogP) is 2.27. The molecule has 0 saturated carbocycles. The summed E-state index contributed by atoms with van der Waals surface area (Å²) in [6.45, 7) is 3.30. The number of hydrogen-bond donors (Lipinski definition) is 1. The second-order valence-electron chi connectivity index (χ2n) is 5.25. The van der Waals surface area contributed by atoms with E-state index in [1.165, 1.54) is 0 Å². The molecule has 138 valence electrons. The van der Waals surface area contributed by atoms with Crippen LogP contribution in [0.5, 0.6) is 11.5 Å². The molecule has 6 heteroatoms. The molecule has 1 N–H and O–H groups in total. The van der Waals surface area contributed by atoms with E-state index in [0.29, 0.717) is 46.2 Å². The van der Waals surface area contributed by atoms with Crippen molar-refractivity contribution in [2.75, 3.05) is 60.0 Å². The number of aliphatic hydroxyl groups excluding tert-OH is 1. The summed E-state index contributed by atoms with van der Waals surface area (Å²) in [4.78, 5) is 0. The van der Waals surface area contributed by atoms with E-state index >= 15 is 0 Å². The Morgan fingerprint density at radius 3 is 1.76 bits per heavy atom. The average Bonchev–Trinajstić information content (AvgIpc) is 2.64. The third-order valence-corrected chi connectivity index (χ3v) is 3.48. The molecule has 0 aromatic heterocycles. The number of hydrogen-bond acceptors (Lipinski definition) is 6. The van der Waals surface area contributed by atoms with Gasteiger partial charge in [-0.05, 0) is 12.1 Å². The van der Waals surface area contributed by atoms with Gasteiger partial charge in [0.1, 0.15) is 24.7 Å². The lowest BCUT2D eigenvalue weighted by Crippen LogP contribution is -2.12. The second kappa shape index (κ2) is 11.7. The Labute approximate surface area is 148 Å². The lowest BCUT2D eigenvalue weighted by molar-refractivity contribution is 0.0248. The van der Waals surface area contributed by atoms with E-state index in [4.69, 9.17) is 28.8 Å². The minimum atomic E-state index is 0.0291. The van der Waals surface area contributed by atoms with Gasteiger partial charge in [-0.3, -0.25) is 0 Å². The molecule has 0 spiro atoms. The fourth-order valence-corrected chi connectivity index (χ4v) is 2.34. The summed E-state index contributed by atoms with van der Waals surface area (Å²) >= 11 is 0. The maximum atomic E-state index is 8.60. The molecule has 0 saturated heterocycles. The quantitative estimate of drug-likeness (QED) is 0.559. The molecule has 0 aliphatic carbocycles. The molecule has 0 bridgehead atoms. The van der Waals surface area contributed by atoms with E-state index in [1.807, 2.05) is 36.4 Å². The highest BCUT2D eigenvalue weighted by atomic mass is 16.5. The largest absolute Gasteiger partial charge is 0.491 e. The van der Waals surface area contributed by atoms with Crippen molar-refractivity contribution in [1.82, 2.24) is 0 Å². The minimum Gasteiger partial charge on any atom is -0.491 e. The highest BCUT2D eigenvalue weighted by Crippen LogP contribution is 2.32. The van der Waals surface area contributed by atoms with Gasteiger partial charge in [-0.2, -0.15) is 0 Å². The Morgan fingerprint density at radius 2 is 1.20 bits per heavy atom. The van der Waals surface area contributed by atoms with E-state index in [1.54, 1.807) is 7.11 Å². The minimum absolute atomic E-state index is 0.0291. The summed E-state index contributed by atoms with van der Waals surface area (Å²) in [5.41, 5.74) is 0. The molecule has 2 rings (SSSR count). The van der Waals surface area contributed by atoms with Crippen LogP contribution in [0.2, 0.25) is 0 Å². The molecule has 0 fully saturated rings. The third-order valence-electron chi connectivity index (χ3n) is 3.48. The predicted molar refractivity (Wildman–Crippen MR) is 95.5 cm³/mol. The number of rotatable bonds is 13. The van der Waals surface area contributed by atoms with Gasteiger partial charge in [0.15, 0.2) is 0 Å². The second-order valence-corrected chi connectivity index (χ2v) is 5.25. The first kappa shape index (κ1) is 19.5. The molecule has 2 aromatic rings. The molecule has 0 heterocycles. The summed E-state index contributed by atoms with van der Waals surface area (Å²) in [6.07, 6.45) is 0. The van der Waals surface area contributed by atoms with E-state index in [0.717, 1.165) is 22.3 Å². The molecule has 2 aromatic carbocycles. The van der Waals surface area contributed by atoms with Crippen molar-refractivity contribution in [3.8, 4) is 11.5 Å². The van der Waals surface area contributed by atoms with Crippen LogP contribution < -0.4 is 9.47 Å². The molecule has 25 heavy (non-hydrogen) atoms. The Bertz CT molecular complexity index is 616. The van der Waals surface area contributed by atoms with Gasteiger partial charge >= 0.3 is 0 Å². The van der Waals surface area contributed by atoms with Crippen LogP contribution in [0.4, 0.5) is 0 Å². The van der Waals surface area contributed by atoms with Crippen LogP contribution >= 0.6 is 0 Å². The van der Waals surface area contributed by atoms with Gasteiger partial charge in [0.25, 0.3) is 0 Å². The van der Waals surface area contributed by atoms with Gasteiger partial charge in [0.2, 0.25) is 0 Å². The van der Waals surface area contributed by atoms with Crippen LogP contribution in [0.3, 0.4) is 0 Å². The summed E-state index contributed by atoms with van der Waals surface area (Å²) in [7, 11) is 1.65. The fraction of sp³-hybridized carbons (Fsp3) is 0.474. The van der Waals surface area contributed by atoms with Gasteiger partial charge in [0.05, 0.1) is 39.6 Å². The number of ether oxygens (including phenoxy) is 5. The molecule has 0 radical (unpaired) electrons. The van der Waals surface area contributed by atoms with Crippen molar-refractivity contribution in [2.45, 2.75) is 0 Å². The van der Waals surface area contributed by atoms with E-state index < -0.39 is 0 Å². The Hall–Kier alpha value is -1.86. The van der Waals surface area contributed by atoms with Crippen molar-refractivity contribution in [2.24, 2.45) is 0 Å². The first-order valence-corrected chi connectivity index (χ1v) is 8.39. The summed E-state index contributed by atoms with van der Waals surface area (Å²) in [5, 5.41) is 10.6. The van der Waals surface area contributed by atoms with Crippen LogP contribution in [0, 0.1) is 0 Å². The Morgan fingerprint density at radius 1 is 0.680 bits per heavy atom. The fourth-order valence-electron chi connectivity index (χ4n) is 2.34. The first-order valence-electron chi connectivity index (χ1n) is 8.39. The molecular weight excluding hydrogens is 324 g/mol. The monoisotopic (exact) mass is 350 g/mol. The van der Waals surface area contributed by atoms with Gasteiger partial charge in [-0.25, -0.2) is 0 Å². The van der Waals surface area contributed by atoms with Crippen molar-refractivity contribution in [3.63, 3.8) is 0 Å². The van der Waals surface area contributed by atoms with Gasteiger partial charge in [-0.1, -0.05) is 24.3 Å². The molecule has 0 aliphatic heterocycles. The lowest BCUT2D eigenvalue weighted by atomic mass is 10.1. The van der Waals surface area contributed by atoms with Crippen molar-refractivity contribution in [1.29, 1.82) is 0 Å². The summed E-state index contributed by atoms with van der Waals surface area (Å²) < 4.78 is 27.2. The van der Waals surface area contributed by atoms with E-state index in [-0.39, 0.29) is 6.61 Å². The Kier molecular flexibility index (Phi) is 9.07. The summed E-state index contributed by atoms with van der Waals surface area (Å²) in [6, 6.07) is 11.8. The molecule has 0 unspecified atom stereocenters. The van der Waals surface area contributed by atoms with E-state index in [2.05, 4.69) is 0 Å². The van der Waals surface area contributed by atoms with Crippen molar-refractivity contribution < 1.29 is 28.8 Å². The highest BCUT2D eigenvalue weighted by Gasteiger charge is 2.07. The maximum Gasteiger partial charge on any atom is 0.127 e. The zero-order chi connectivity index (χ0) is 17.7. The first-order chi connectivity index (χ1) is 12.4. The van der Waals surface area contributed by atoms with Gasteiger partial charge in [0, 0.05) is 17.9 Å². The normalized spacial score (nSPS) is 11.0. The molecule has 0 amide bonds. The zero-order valence-electron chi connectivity index (χ0n) is 14.6. The third kappa shape index (κ3) is 6.51. The number of benzene rings is 2. The average molecular weight is 350 g/mol. The molecule has 0 atom stereocenters. The van der Waals surface area contributed by atoms with Crippen molar-refractivity contribution in [3.05, 3.63) is 36.4 Å². The van der Waals surface area contributed by atoms with Crippen LogP contribution in [-0.4, -0.2) is 65.1 Å². The lowest BCUT2D eigenvalue weighted by Gasteiger charge is -2.13. The van der Waals surface area contributed by atoms with Crippen LogP contribution in [0.1, 0.15) is 0 Å². The SMILES string of the molecule is COCCOc1cccc2c(OCCOCCOCCO)cccc12. The van der Waals surface area contributed by atoms with Gasteiger partial charge < -0.3 is 28.8 Å². The zero-order valence-corrected chi connectivity index (χ0v) is 14.6. The molecule has 0 aliphatic rings.